The van der Waals surface area contributed by atoms with Gasteiger partial charge in [0.05, 0.1) is 23.4 Å². The number of pyridine rings is 1. The lowest BCUT2D eigenvalue weighted by Crippen LogP contribution is -2.31. The summed E-state index contributed by atoms with van der Waals surface area (Å²) in [7, 11) is -3.77. The van der Waals surface area contributed by atoms with Crippen molar-refractivity contribution in [3.05, 3.63) is 59.3 Å². The molecule has 0 spiro atoms. The van der Waals surface area contributed by atoms with Crippen molar-refractivity contribution in [3.8, 4) is 5.75 Å². The van der Waals surface area contributed by atoms with Crippen LogP contribution in [-0.4, -0.2) is 43.3 Å². The number of fused-ring (bicyclic) bond motifs is 1. The van der Waals surface area contributed by atoms with Gasteiger partial charge in [-0.1, -0.05) is 26.0 Å². The molecule has 3 rings (SSSR count). The summed E-state index contributed by atoms with van der Waals surface area (Å²) in [4.78, 5) is 17.6. The molecule has 0 saturated heterocycles. The van der Waals surface area contributed by atoms with Crippen LogP contribution in [0.5, 0.6) is 5.75 Å². The van der Waals surface area contributed by atoms with Gasteiger partial charge in [-0.2, -0.15) is 4.31 Å². The molecule has 0 saturated carbocycles. The second kappa shape index (κ2) is 9.67. The Labute approximate surface area is 189 Å². The van der Waals surface area contributed by atoms with Crippen LogP contribution in [0.2, 0.25) is 0 Å². The fourth-order valence-corrected chi connectivity index (χ4v) is 5.18. The summed E-state index contributed by atoms with van der Waals surface area (Å²) in [6.07, 6.45) is 0. The van der Waals surface area contributed by atoms with Crippen LogP contribution in [0.15, 0.2) is 47.4 Å². The Bertz CT molecular complexity index is 1250. The maximum absolute atomic E-state index is 13.1. The molecule has 8 heteroatoms. The maximum Gasteiger partial charge on any atom is 0.257 e. The number of carbonyl (C=O) groups excluding carboxylic acids is 1. The van der Waals surface area contributed by atoms with E-state index >= 15 is 0 Å². The number of aromatic nitrogens is 1. The molecule has 7 nitrogen and oxygen atoms in total. The largest absolute Gasteiger partial charge is 0.492 e. The number of anilines is 1. The summed E-state index contributed by atoms with van der Waals surface area (Å²) in [5.41, 5.74) is 3.32. The number of sulfonamides is 1. The first kappa shape index (κ1) is 23.7. The van der Waals surface area contributed by atoms with Crippen molar-refractivity contribution in [1.29, 1.82) is 0 Å². The average molecular weight is 456 g/mol. The summed E-state index contributed by atoms with van der Waals surface area (Å²) in [5.74, 6) is -0.0934. The highest BCUT2D eigenvalue weighted by Gasteiger charge is 2.26. The van der Waals surface area contributed by atoms with Gasteiger partial charge in [-0.3, -0.25) is 9.78 Å². The van der Waals surface area contributed by atoms with Gasteiger partial charge in [-0.05, 0) is 56.7 Å². The molecule has 32 heavy (non-hydrogen) atoms. The summed E-state index contributed by atoms with van der Waals surface area (Å²) < 4.78 is 33.2. The number of rotatable bonds is 8. The number of nitrogens with one attached hydrogen (secondary N) is 1. The van der Waals surface area contributed by atoms with Crippen molar-refractivity contribution in [2.45, 2.75) is 39.5 Å². The number of carbonyl (C=O) groups is 1. The lowest BCUT2D eigenvalue weighted by Gasteiger charge is -2.21. The molecular weight excluding hydrogens is 426 g/mol. The number of hydrogen-bond acceptors (Lipinski definition) is 5. The van der Waals surface area contributed by atoms with E-state index in [4.69, 9.17) is 4.74 Å². The van der Waals surface area contributed by atoms with Crippen LogP contribution in [-0.2, 0) is 10.0 Å². The fourth-order valence-electron chi connectivity index (χ4n) is 3.57. The number of amides is 1. The first-order chi connectivity index (χ1) is 15.2. The Kier molecular flexibility index (Phi) is 7.16. The van der Waals surface area contributed by atoms with Gasteiger partial charge in [-0.25, -0.2) is 8.42 Å². The van der Waals surface area contributed by atoms with Gasteiger partial charge in [-0.15, -0.1) is 0 Å². The molecule has 2 aromatic carbocycles. The summed E-state index contributed by atoms with van der Waals surface area (Å²) in [6.45, 7) is 10.1. The average Bonchev–Trinajstić information content (AvgIpc) is 2.75. The third kappa shape index (κ3) is 4.76. The molecule has 1 amide bonds. The number of benzene rings is 2. The highest BCUT2D eigenvalue weighted by molar-refractivity contribution is 7.89. The molecule has 0 bridgehead atoms. The van der Waals surface area contributed by atoms with Gasteiger partial charge in [0.15, 0.2) is 0 Å². The third-order valence-electron chi connectivity index (χ3n) is 5.23. The molecule has 1 aromatic heterocycles. The number of ether oxygens (including phenoxy) is 1. The zero-order valence-corrected chi connectivity index (χ0v) is 19.9. The normalized spacial score (nSPS) is 11.7. The van der Waals surface area contributed by atoms with Crippen LogP contribution in [0.1, 0.15) is 42.4 Å². The Balaban J connectivity index is 1.99. The van der Waals surface area contributed by atoms with Crippen molar-refractivity contribution in [2.75, 3.05) is 25.0 Å². The van der Waals surface area contributed by atoms with Crippen molar-refractivity contribution >= 4 is 32.5 Å². The summed E-state index contributed by atoms with van der Waals surface area (Å²) in [6, 6.07) is 12.3. The van der Waals surface area contributed by atoms with Gasteiger partial charge in [0.1, 0.15) is 10.6 Å². The first-order valence-corrected chi connectivity index (χ1v) is 12.1. The van der Waals surface area contributed by atoms with E-state index in [1.54, 1.807) is 45.9 Å². The highest BCUT2D eigenvalue weighted by atomic mass is 32.2. The zero-order valence-electron chi connectivity index (χ0n) is 19.1. The zero-order chi connectivity index (χ0) is 23.5. The molecule has 0 atom stereocenters. The fraction of sp³-hybridized carbons (Fsp3) is 0.333. The van der Waals surface area contributed by atoms with E-state index in [2.05, 4.69) is 10.3 Å². The standard InChI is InChI=1S/C24H29N3O4S/c1-6-27(7-2)32(29,30)23-15-19(11-12-22(23)31-8-3)26-24(28)20-14-18-10-9-16(4)13-21(18)25-17(20)5/h9-15H,6-8H2,1-5H3,(H,26,28). The Morgan fingerprint density at radius 1 is 1.03 bits per heavy atom. The van der Waals surface area contributed by atoms with Crippen molar-refractivity contribution < 1.29 is 17.9 Å². The van der Waals surface area contributed by atoms with E-state index in [9.17, 15) is 13.2 Å². The Morgan fingerprint density at radius 3 is 2.41 bits per heavy atom. The topological polar surface area (TPSA) is 88.6 Å². The molecule has 0 fully saturated rings. The maximum atomic E-state index is 13.1. The highest BCUT2D eigenvalue weighted by Crippen LogP contribution is 2.30. The first-order valence-electron chi connectivity index (χ1n) is 10.7. The van der Waals surface area contributed by atoms with E-state index in [0.29, 0.717) is 36.6 Å². The molecule has 0 unspecified atom stereocenters. The number of aryl methyl sites for hydroxylation is 2. The number of nitrogens with zero attached hydrogens (tertiary/aromatic N) is 2. The molecule has 0 aliphatic carbocycles. The molecular formula is C24H29N3O4S. The summed E-state index contributed by atoms with van der Waals surface area (Å²) in [5, 5.41) is 3.68. The van der Waals surface area contributed by atoms with Gasteiger partial charge in [0.25, 0.3) is 5.91 Å². The second-order valence-electron chi connectivity index (χ2n) is 7.46. The van der Waals surface area contributed by atoms with Crippen LogP contribution >= 0.6 is 0 Å². The minimum atomic E-state index is -3.77. The monoisotopic (exact) mass is 455 g/mol. The SMILES string of the molecule is CCOc1ccc(NC(=O)c2cc3ccc(C)cc3nc2C)cc1S(=O)(=O)N(CC)CC. The van der Waals surface area contributed by atoms with Gasteiger partial charge in [0, 0.05) is 24.2 Å². The summed E-state index contributed by atoms with van der Waals surface area (Å²) >= 11 is 0. The minimum absolute atomic E-state index is 0.0321. The molecule has 0 aliphatic heterocycles. The van der Waals surface area contributed by atoms with E-state index < -0.39 is 10.0 Å². The van der Waals surface area contributed by atoms with E-state index in [1.807, 2.05) is 25.1 Å². The third-order valence-corrected chi connectivity index (χ3v) is 7.30. The van der Waals surface area contributed by atoms with Crippen LogP contribution in [0.4, 0.5) is 5.69 Å². The van der Waals surface area contributed by atoms with Gasteiger partial charge in [0.2, 0.25) is 10.0 Å². The van der Waals surface area contributed by atoms with E-state index in [1.165, 1.54) is 10.4 Å². The smallest absolute Gasteiger partial charge is 0.257 e. The molecule has 1 heterocycles. The van der Waals surface area contributed by atoms with E-state index in [0.717, 1.165) is 16.5 Å². The Morgan fingerprint density at radius 2 is 1.75 bits per heavy atom. The molecule has 0 aliphatic rings. The van der Waals surface area contributed by atoms with Crippen LogP contribution in [0, 0.1) is 13.8 Å². The molecule has 170 valence electrons. The van der Waals surface area contributed by atoms with Crippen LogP contribution < -0.4 is 10.1 Å². The lowest BCUT2D eigenvalue weighted by atomic mass is 10.1. The van der Waals surface area contributed by atoms with Crippen molar-refractivity contribution in [2.24, 2.45) is 0 Å². The van der Waals surface area contributed by atoms with Crippen LogP contribution in [0.3, 0.4) is 0 Å². The molecule has 0 radical (unpaired) electrons. The molecule has 3 aromatic rings. The predicted molar refractivity (Wildman–Crippen MR) is 127 cm³/mol. The van der Waals surface area contributed by atoms with Crippen molar-refractivity contribution in [3.63, 3.8) is 0 Å². The van der Waals surface area contributed by atoms with Gasteiger partial charge < -0.3 is 10.1 Å². The van der Waals surface area contributed by atoms with Crippen molar-refractivity contribution in [1.82, 2.24) is 9.29 Å². The van der Waals surface area contributed by atoms with Gasteiger partial charge >= 0.3 is 0 Å². The molecule has 1 N–H and O–H groups in total. The second-order valence-corrected chi connectivity index (χ2v) is 9.36. The predicted octanol–water partition coefficient (Wildman–Crippen LogP) is 4.53. The van der Waals surface area contributed by atoms with Crippen LogP contribution in [0.25, 0.3) is 10.9 Å². The Hall–Kier alpha value is -2.97. The number of hydrogen-bond donors (Lipinski definition) is 1. The lowest BCUT2D eigenvalue weighted by molar-refractivity contribution is 0.102. The quantitative estimate of drug-likeness (QED) is 0.539. The minimum Gasteiger partial charge on any atom is -0.492 e. The van der Waals surface area contributed by atoms with E-state index in [-0.39, 0.29) is 16.6 Å².